The molecule has 2 aromatic heterocycles. The first-order chi connectivity index (χ1) is 23.0. The van der Waals surface area contributed by atoms with Gasteiger partial charge >= 0.3 is 0 Å². The van der Waals surface area contributed by atoms with Gasteiger partial charge in [0.15, 0.2) is 0 Å². The smallest absolute Gasteiger partial charge is 0.239 e. The molecule has 0 saturated carbocycles. The van der Waals surface area contributed by atoms with E-state index in [1.807, 2.05) is 92.5 Å². The molecule has 4 N–H and O–H groups in total. The predicted molar refractivity (Wildman–Crippen MR) is 184 cm³/mol. The van der Waals surface area contributed by atoms with Crippen molar-refractivity contribution in [2.45, 2.75) is 76.4 Å². The summed E-state index contributed by atoms with van der Waals surface area (Å²) in [5, 5.41) is 29.6. The first-order valence-corrected chi connectivity index (χ1v) is 16.9. The minimum absolute atomic E-state index is 0.0877. The van der Waals surface area contributed by atoms with Crippen LogP contribution in [0.1, 0.15) is 55.5 Å². The number of fused-ring (bicyclic) bond motifs is 2. The number of rotatable bonds is 11. The third-order valence-corrected chi connectivity index (χ3v) is 9.34. The van der Waals surface area contributed by atoms with Crippen molar-refractivity contribution < 1.29 is 24.2 Å². The molecule has 6 rings (SSSR count). The zero-order valence-electron chi connectivity index (χ0n) is 28.0. The summed E-state index contributed by atoms with van der Waals surface area (Å²) in [5.74, 6) is -0.820. The van der Waals surface area contributed by atoms with Crippen LogP contribution in [0, 0.1) is 5.92 Å². The van der Waals surface area contributed by atoms with Crippen LogP contribution in [0.3, 0.4) is 0 Å². The van der Waals surface area contributed by atoms with Crippen molar-refractivity contribution in [2.75, 3.05) is 26.2 Å². The van der Waals surface area contributed by atoms with Crippen LogP contribution in [0.4, 0.5) is 0 Å². The lowest BCUT2D eigenvalue weighted by molar-refractivity contribution is -0.132. The second-order valence-corrected chi connectivity index (χ2v) is 14.4. The standard InChI is InChI=1S/C38H47N5O5/c1-38(2,3)41-36(47)32-24-42(22-26-18-28-13-16-48-37(28)39-21-26)14-15-43(32)23-30(44)19-29(17-25-9-5-4-6-10-25)35(46)40-34-31-12-8-7-11-27(31)20-33(34)45/h4-13,16,18,21,29-30,32-34,44-45H,14-15,17,19-20,22-24H2,1-3H3,(H,40,46)(H,41,47)/t29-,30+,32+,33-,34+/m1/s1. The number of hydrogen-bond acceptors (Lipinski definition) is 8. The van der Waals surface area contributed by atoms with Gasteiger partial charge in [-0.1, -0.05) is 54.6 Å². The molecule has 2 aromatic carbocycles. The quantitative estimate of drug-likeness (QED) is 0.193. The van der Waals surface area contributed by atoms with Crippen LogP contribution in [0.2, 0.25) is 0 Å². The van der Waals surface area contributed by atoms with Gasteiger partial charge in [-0.05, 0) is 68.0 Å². The summed E-state index contributed by atoms with van der Waals surface area (Å²) in [7, 11) is 0. The van der Waals surface area contributed by atoms with Crippen LogP contribution in [0.5, 0.6) is 0 Å². The maximum Gasteiger partial charge on any atom is 0.239 e. The van der Waals surface area contributed by atoms with Crippen molar-refractivity contribution in [2.24, 2.45) is 5.92 Å². The van der Waals surface area contributed by atoms with E-state index >= 15 is 0 Å². The van der Waals surface area contributed by atoms with Crippen LogP contribution in [0.15, 0.2) is 83.6 Å². The van der Waals surface area contributed by atoms with E-state index in [-0.39, 0.29) is 24.8 Å². The van der Waals surface area contributed by atoms with Crippen LogP contribution < -0.4 is 10.6 Å². The monoisotopic (exact) mass is 653 g/mol. The number of nitrogens with zero attached hydrogens (tertiary/aromatic N) is 3. The van der Waals surface area contributed by atoms with Gasteiger partial charge in [0.05, 0.1) is 24.5 Å². The zero-order valence-corrected chi connectivity index (χ0v) is 28.0. The molecule has 10 nitrogen and oxygen atoms in total. The van der Waals surface area contributed by atoms with Gasteiger partial charge in [0.1, 0.15) is 6.04 Å². The lowest BCUT2D eigenvalue weighted by atomic mass is 9.91. The number of nitrogens with one attached hydrogen (secondary N) is 2. The lowest BCUT2D eigenvalue weighted by Crippen LogP contribution is -2.61. The molecule has 0 bridgehead atoms. The van der Waals surface area contributed by atoms with Crippen molar-refractivity contribution in [3.63, 3.8) is 0 Å². The Morgan fingerprint density at radius 3 is 2.60 bits per heavy atom. The van der Waals surface area contributed by atoms with Gasteiger partial charge in [-0.15, -0.1) is 0 Å². The molecule has 5 atom stereocenters. The number of piperazine rings is 1. The first-order valence-electron chi connectivity index (χ1n) is 16.9. The Balaban J connectivity index is 1.15. The fraction of sp³-hybridized carbons (Fsp3) is 0.447. The summed E-state index contributed by atoms with van der Waals surface area (Å²) in [6.07, 6.45) is 3.04. The highest BCUT2D eigenvalue weighted by Crippen LogP contribution is 2.32. The number of aliphatic hydroxyl groups is 2. The maximum atomic E-state index is 13.9. The second kappa shape index (κ2) is 14.6. The van der Waals surface area contributed by atoms with E-state index in [4.69, 9.17) is 4.42 Å². The van der Waals surface area contributed by atoms with E-state index in [1.165, 1.54) is 0 Å². The van der Waals surface area contributed by atoms with Crippen LogP contribution in [-0.2, 0) is 29.0 Å². The number of hydrogen-bond donors (Lipinski definition) is 4. The molecule has 4 aromatic rings. The largest absolute Gasteiger partial charge is 0.446 e. The van der Waals surface area contributed by atoms with E-state index in [0.29, 0.717) is 44.7 Å². The molecule has 2 aliphatic rings. The van der Waals surface area contributed by atoms with Crippen molar-refractivity contribution in [3.8, 4) is 0 Å². The fourth-order valence-electron chi connectivity index (χ4n) is 7.06. The maximum absolute atomic E-state index is 13.9. The third-order valence-electron chi connectivity index (χ3n) is 9.34. The molecule has 0 radical (unpaired) electrons. The number of carbonyl (C=O) groups is 2. The van der Waals surface area contributed by atoms with Gasteiger partial charge in [0.2, 0.25) is 17.5 Å². The van der Waals surface area contributed by atoms with Gasteiger partial charge in [-0.2, -0.15) is 0 Å². The zero-order chi connectivity index (χ0) is 33.8. The van der Waals surface area contributed by atoms with Crippen molar-refractivity contribution in [1.29, 1.82) is 0 Å². The summed E-state index contributed by atoms with van der Waals surface area (Å²) in [4.78, 5) is 36.2. The summed E-state index contributed by atoms with van der Waals surface area (Å²) in [5.41, 5.74) is 4.19. The highest BCUT2D eigenvalue weighted by atomic mass is 16.3. The van der Waals surface area contributed by atoms with Crippen LogP contribution in [-0.4, -0.2) is 86.8 Å². The molecule has 10 heteroatoms. The molecular weight excluding hydrogens is 606 g/mol. The molecule has 1 aliphatic heterocycles. The summed E-state index contributed by atoms with van der Waals surface area (Å²) >= 11 is 0. The van der Waals surface area contributed by atoms with Gasteiger partial charge in [0.25, 0.3) is 0 Å². The molecule has 2 amide bonds. The van der Waals surface area contributed by atoms with Crippen molar-refractivity contribution >= 4 is 22.9 Å². The molecular formula is C38H47N5O5. The number of aliphatic hydroxyl groups excluding tert-OH is 2. The average Bonchev–Trinajstić information content (AvgIpc) is 3.64. The normalized spacial score (nSPS) is 21.5. The van der Waals surface area contributed by atoms with Crippen LogP contribution in [0.25, 0.3) is 11.1 Å². The highest BCUT2D eigenvalue weighted by Gasteiger charge is 2.37. The topological polar surface area (TPSA) is 131 Å². The summed E-state index contributed by atoms with van der Waals surface area (Å²) in [6, 6.07) is 20.6. The SMILES string of the molecule is CC(C)(C)NC(=O)[C@@H]1CN(Cc2cnc3occc3c2)CCN1C[C@@H](O)C[C@@H](Cc1ccccc1)C(=O)N[C@H]1c2ccccc2C[C@H]1O. The van der Waals surface area contributed by atoms with Crippen molar-refractivity contribution in [3.05, 3.63) is 101 Å². The number of benzene rings is 2. The molecule has 3 heterocycles. The van der Waals surface area contributed by atoms with E-state index in [9.17, 15) is 19.8 Å². The van der Waals surface area contributed by atoms with Gasteiger partial charge in [0, 0.05) is 62.2 Å². The number of pyridine rings is 1. The third kappa shape index (κ3) is 8.30. The average molecular weight is 654 g/mol. The number of carbonyl (C=O) groups excluding carboxylic acids is 2. The van der Waals surface area contributed by atoms with E-state index in [2.05, 4.69) is 26.6 Å². The fourth-order valence-corrected chi connectivity index (χ4v) is 7.06. The van der Waals surface area contributed by atoms with E-state index in [0.717, 1.165) is 27.6 Å². The Labute approximate surface area is 282 Å². The molecule has 0 unspecified atom stereocenters. The Hall–Kier alpha value is -4.09. The first kappa shape index (κ1) is 33.8. The van der Waals surface area contributed by atoms with Gasteiger partial charge in [-0.25, -0.2) is 4.98 Å². The summed E-state index contributed by atoms with van der Waals surface area (Å²) < 4.78 is 5.39. The molecule has 48 heavy (non-hydrogen) atoms. The lowest BCUT2D eigenvalue weighted by Gasteiger charge is -2.42. The Bertz CT molecular complexity index is 1700. The highest BCUT2D eigenvalue weighted by molar-refractivity contribution is 5.83. The number of furan rings is 1. The molecule has 1 saturated heterocycles. The Kier molecular flexibility index (Phi) is 10.3. The Morgan fingerprint density at radius 1 is 1.04 bits per heavy atom. The van der Waals surface area contributed by atoms with Crippen LogP contribution >= 0.6 is 0 Å². The number of aromatic nitrogens is 1. The van der Waals surface area contributed by atoms with Gasteiger partial charge in [-0.3, -0.25) is 19.4 Å². The minimum Gasteiger partial charge on any atom is -0.446 e. The molecule has 1 fully saturated rings. The Morgan fingerprint density at radius 2 is 1.81 bits per heavy atom. The summed E-state index contributed by atoms with van der Waals surface area (Å²) in [6.45, 7) is 8.56. The van der Waals surface area contributed by atoms with E-state index < -0.39 is 35.7 Å². The molecule has 1 aliphatic carbocycles. The van der Waals surface area contributed by atoms with Gasteiger partial charge < -0.3 is 25.3 Å². The van der Waals surface area contributed by atoms with Crippen molar-refractivity contribution in [1.82, 2.24) is 25.4 Å². The minimum atomic E-state index is -0.852. The molecule has 254 valence electrons. The second-order valence-electron chi connectivity index (χ2n) is 14.4. The predicted octanol–water partition coefficient (Wildman–Crippen LogP) is 3.61. The number of amides is 2. The molecule has 0 spiro atoms. The van der Waals surface area contributed by atoms with E-state index in [1.54, 1.807) is 6.26 Å². The number of β-amino-alcohol motifs (C(OH)–C–C–N with tert-alkyl or cyclic N) is 1.